The zero-order valence-electron chi connectivity index (χ0n) is 13.0. The number of carbonyl (C=O) groups is 1. The van der Waals surface area contributed by atoms with E-state index < -0.39 is 0 Å². The highest BCUT2D eigenvalue weighted by Gasteiger charge is 2.30. The summed E-state index contributed by atoms with van der Waals surface area (Å²) in [5.41, 5.74) is 7.14. The summed E-state index contributed by atoms with van der Waals surface area (Å²) in [6.07, 6.45) is 7.99. The Bertz CT molecular complexity index is 367. The summed E-state index contributed by atoms with van der Waals surface area (Å²) in [5, 5.41) is 0. The summed E-state index contributed by atoms with van der Waals surface area (Å²) in [5.74, 6) is 0.843. The van der Waals surface area contributed by atoms with Gasteiger partial charge in [0.15, 0.2) is 0 Å². The maximum absolute atomic E-state index is 12.6. The number of hydrogen-bond donors (Lipinski definition) is 1. The van der Waals surface area contributed by atoms with Gasteiger partial charge in [-0.3, -0.25) is 9.69 Å². The molecule has 0 radical (unpaired) electrons. The minimum atomic E-state index is 0.244. The molecule has 1 aliphatic carbocycles. The third-order valence-corrected chi connectivity index (χ3v) is 4.79. The predicted molar refractivity (Wildman–Crippen MR) is 82.1 cm³/mol. The third-order valence-electron chi connectivity index (χ3n) is 4.79. The van der Waals surface area contributed by atoms with Gasteiger partial charge in [-0.1, -0.05) is 13.0 Å². The first kappa shape index (κ1) is 15.5. The van der Waals surface area contributed by atoms with E-state index in [2.05, 4.69) is 24.8 Å². The van der Waals surface area contributed by atoms with Crippen LogP contribution in [-0.2, 0) is 4.79 Å². The van der Waals surface area contributed by atoms with Crippen LogP contribution in [0.1, 0.15) is 46.0 Å². The van der Waals surface area contributed by atoms with Crippen LogP contribution in [0.15, 0.2) is 11.8 Å². The number of nitrogens with zero attached hydrogens (tertiary/aromatic N) is 2. The highest BCUT2D eigenvalue weighted by molar-refractivity contribution is 5.80. The molecule has 1 heterocycles. The Labute approximate surface area is 123 Å². The zero-order chi connectivity index (χ0) is 14.5. The average molecular weight is 279 g/mol. The van der Waals surface area contributed by atoms with Gasteiger partial charge in [-0.15, -0.1) is 0 Å². The molecule has 114 valence electrons. The van der Waals surface area contributed by atoms with Crippen LogP contribution in [-0.4, -0.2) is 47.9 Å². The van der Waals surface area contributed by atoms with Crippen molar-refractivity contribution in [3.63, 3.8) is 0 Å². The number of likely N-dealkylation sites (tertiary alicyclic amines) is 1. The van der Waals surface area contributed by atoms with Gasteiger partial charge < -0.3 is 10.6 Å². The van der Waals surface area contributed by atoms with Crippen LogP contribution >= 0.6 is 0 Å². The van der Waals surface area contributed by atoms with E-state index >= 15 is 0 Å². The SMILES string of the molecule is CCN(C(=O)CN1CCCC(C)C1CN)C1=CCCC1. The lowest BCUT2D eigenvalue weighted by Gasteiger charge is -2.39. The van der Waals surface area contributed by atoms with Gasteiger partial charge in [0.05, 0.1) is 6.54 Å². The average Bonchev–Trinajstić information content (AvgIpc) is 2.94. The topological polar surface area (TPSA) is 49.6 Å². The van der Waals surface area contributed by atoms with Crippen molar-refractivity contribution in [2.75, 3.05) is 26.2 Å². The Hall–Kier alpha value is -0.870. The second kappa shape index (κ2) is 7.23. The summed E-state index contributed by atoms with van der Waals surface area (Å²) >= 11 is 0. The first-order chi connectivity index (χ1) is 9.67. The van der Waals surface area contributed by atoms with Gasteiger partial charge in [-0.25, -0.2) is 0 Å². The van der Waals surface area contributed by atoms with Gasteiger partial charge in [-0.05, 0) is 51.5 Å². The molecule has 0 aromatic rings. The number of allylic oxidation sites excluding steroid dienone is 2. The van der Waals surface area contributed by atoms with Crippen molar-refractivity contribution < 1.29 is 4.79 Å². The molecule has 0 bridgehead atoms. The number of rotatable bonds is 5. The lowest BCUT2D eigenvalue weighted by molar-refractivity contribution is -0.131. The number of piperidine rings is 1. The van der Waals surface area contributed by atoms with Crippen LogP contribution in [0, 0.1) is 5.92 Å². The number of carbonyl (C=O) groups excluding carboxylic acids is 1. The smallest absolute Gasteiger partial charge is 0.240 e. The van der Waals surface area contributed by atoms with Gasteiger partial charge in [0.25, 0.3) is 0 Å². The maximum Gasteiger partial charge on any atom is 0.240 e. The fraction of sp³-hybridized carbons (Fsp3) is 0.812. The second-order valence-electron chi connectivity index (χ2n) is 6.12. The van der Waals surface area contributed by atoms with E-state index in [0.29, 0.717) is 25.0 Å². The van der Waals surface area contributed by atoms with E-state index in [1.807, 2.05) is 4.90 Å². The molecule has 2 N–H and O–H groups in total. The molecule has 1 fully saturated rings. The van der Waals surface area contributed by atoms with Crippen molar-refractivity contribution in [2.45, 2.75) is 52.0 Å². The monoisotopic (exact) mass is 279 g/mol. The summed E-state index contributed by atoms with van der Waals surface area (Å²) in [6, 6.07) is 0.365. The summed E-state index contributed by atoms with van der Waals surface area (Å²) in [6.45, 7) is 7.29. The van der Waals surface area contributed by atoms with Crippen LogP contribution in [0.5, 0.6) is 0 Å². The van der Waals surface area contributed by atoms with Crippen molar-refractivity contribution in [1.82, 2.24) is 9.80 Å². The zero-order valence-corrected chi connectivity index (χ0v) is 13.0. The lowest BCUT2D eigenvalue weighted by Crippen LogP contribution is -2.52. The fourth-order valence-corrected chi connectivity index (χ4v) is 3.61. The van der Waals surface area contributed by atoms with Gasteiger partial charge >= 0.3 is 0 Å². The molecule has 2 aliphatic rings. The number of nitrogens with two attached hydrogens (primary N) is 1. The molecule has 4 nitrogen and oxygen atoms in total. The molecule has 0 aromatic carbocycles. The molecule has 1 amide bonds. The minimum absolute atomic E-state index is 0.244. The molecule has 4 heteroatoms. The third kappa shape index (κ3) is 3.41. The predicted octanol–water partition coefficient (Wildman–Crippen LogP) is 1.96. The Morgan fingerprint density at radius 3 is 2.90 bits per heavy atom. The Morgan fingerprint density at radius 2 is 2.30 bits per heavy atom. The van der Waals surface area contributed by atoms with E-state index in [-0.39, 0.29) is 5.91 Å². The van der Waals surface area contributed by atoms with Crippen LogP contribution in [0.4, 0.5) is 0 Å². The molecular formula is C16H29N3O. The number of likely N-dealkylation sites (N-methyl/N-ethyl adjacent to an activating group) is 1. The standard InChI is InChI=1S/C16H29N3O/c1-3-19(14-8-4-5-9-14)16(20)12-18-10-6-7-13(2)15(18)11-17/h8,13,15H,3-7,9-12,17H2,1-2H3. The molecule has 1 saturated heterocycles. The van der Waals surface area contributed by atoms with Crippen LogP contribution in [0.3, 0.4) is 0 Å². The van der Waals surface area contributed by atoms with Crippen molar-refractivity contribution in [1.29, 1.82) is 0 Å². The van der Waals surface area contributed by atoms with Gasteiger partial charge in [0, 0.05) is 24.8 Å². The first-order valence-corrected chi connectivity index (χ1v) is 8.10. The van der Waals surface area contributed by atoms with Crippen LogP contribution in [0.25, 0.3) is 0 Å². The van der Waals surface area contributed by atoms with E-state index in [1.165, 1.54) is 25.0 Å². The first-order valence-electron chi connectivity index (χ1n) is 8.10. The largest absolute Gasteiger partial charge is 0.329 e. The highest BCUT2D eigenvalue weighted by atomic mass is 16.2. The van der Waals surface area contributed by atoms with Gasteiger partial charge in [0.2, 0.25) is 5.91 Å². The molecule has 2 rings (SSSR count). The number of hydrogen-bond acceptors (Lipinski definition) is 3. The van der Waals surface area contributed by atoms with Crippen molar-refractivity contribution in [3.8, 4) is 0 Å². The van der Waals surface area contributed by atoms with Crippen molar-refractivity contribution in [2.24, 2.45) is 11.7 Å². The molecule has 0 aromatic heterocycles. The second-order valence-corrected chi connectivity index (χ2v) is 6.12. The van der Waals surface area contributed by atoms with Gasteiger partial charge in [0.1, 0.15) is 0 Å². The van der Waals surface area contributed by atoms with Gasteiger partial charge in [-0.2, -0.15) is 0 Å². The Balaban J connectivity index is 1.98. The van der Waals surface area contributed by atoms with Crippen LogP contribution < -0.4 is 5.73 Å². The fourth-order valence-electron chi connectivity index (χ4n) is 3.61. The number of amides is 1. The highest BCUT2D eigenvalue weighted by Crippen LogP contribution is 2.24. The molecular weight excluding hydrogens is 250 g/mol. The molecule has 0 spiro atoms. The summed E-state index contributed by atoms with van der Waals surface area (Å²) in [7, 11) is 0. The van der Waals surface area contributed by atoms with Crippen LogP contribution in [0.2, 0.25) is 0 Å². The lowest BCUT2D eigenvalue weighted by atomic mass is 9.91. The Morgan fingerprint density at radius 1 is 1.50 bits per heavy atom. The van der Waals surface area contributed by atoms with E-state index in [0.717, 1.165) is 25.9 Å². The van der Waals surface area contributed by atoms with E-state index in [1.54, 1.807) is 0 Å². The molecule has 2 unspecified atom stereocenters. The molecule has 2 atom stereocenters. The maximum atomic E-state index is 12.6. The minimum Gasteiger partial charge on any atom is -0.329 e. The molecule has 0 saturated carbocycles. The van der Waals surface area contributed by atoms with E-state index in [4.69, 9.17) is 5.73 Å². The normalized spacial score (nSPS) is 27.4. The summed E-state index contributed by atoms with van der Waals surface area (Å²) < 4.78 is 0. The Kier molecular flexibility index (Phi) is 5.61. The van der Waals surface area contributed by atoms with Crippen molar-refractivity contribution >= 4 is 5.91 Å². The van der Waals surface area contributed by atoms with Crippen molar-refractivity contribution in [3.05, 3.63) is 11.8 Å². The molecule has 1 aliphatic heterocycles. The quantitative estimate of drug-likeness (QED) is 0.837. The van der Waals surface area contributed by atoms with E-state index in [9.17, 15) is 4.79 Å². The molecule has 20 heavy (non-hydrogen) atoms. The summed E-state index contributed by atoms with van der Waals surface area (Å²) in [4.78, 5) is 16.9.